The highest BCUT2D eigenvalue weighted by molar-refractivity contribution is 5.72. The molecule has 0 spiro atoms. The molecule has 6 heteroatoms. The van der Waals surface area contributed by atoms with Crippen molar-refractivity contribution in [3.05, 3.63) is 35.4 Å². The van der Waals surface area contributed by atoms with E-state index in [0.717, 1.165) is 24.3 Å². The molecule has 0 saturated heterocycles. The van der Waals surface area contributed by atoms with Crippen LogP contribution in [-0.4, -0.2) is 18.2 Å². The predicted molar refractivity (Wildman–Crippen MR) is 57.6 cm³/mol. The van der Waals surface area contributed by atoms with Gasteiger partial charge in [0.25, 0.3) is 0 Å². The molecule has 0 aromatic heterocycles. The van der Waals surface area contributed by atoms with Crippen molar-refractivity contribution >= 4 is 5.97 Å². The number of methoxy groups -OCH3 is 1. The van der Waals surface area contributed by atoms with Gasteiger partial charge in [0.1, 0.15) is 0 Å². The van der Waals surface area contributed by atoms with Crippen LogP contribution in [0.4, 0.5) is 13.2 Å². The second-order valence-electron chi connectivity index (χ2n) is 3.88. The molecular weight excluding hydrogens is 249 g/mol. The first-order valence-electron chi connectivity index (χ1n) is 5.20. The zero-order valence-corrected chi connectivity index (χ0v) is 9.86. The van der Waals surface area contributed by atoms with Gasteiger partial charge < -0.3 is 9.84 Å². The minimum absolute atomic E-state index is 0.237. The molecule has 0 aliphatic carbocycles. The third-order valence-electron chi connectivity index (χ3n) is 2.63. The first-order valence-corrected chi connectivity index (χ1v) is 5.20. The summed E-state index contributed by atoms with van der Waals surface area (Å²) in [5.41, 5.74) is -0.565. The molecule has 0 heterocycles. The monoisotopic (exact) mass is 262 g/mol. The summed E-state index contributed by atoms with van der Waals surface area (Å²) in [5, 5.41) is 9.80. The molecule has 0 amide bonds. The van der Waals surface area contributed by atoms with Crippen molar-refractivity contribution in [3.63, 3.8) is 0 Å². The highest BCUT2D eigenvalue weighted by Crippen LogP contribution is 2.31. The van der Waals surface area contributed by atoms with Crippen molar-refractivity contribution in [1.29, 1.82) is 0 Å². The van der Waals surface area contributed by atoms with E-state index in [-0.39, 0.29) is 5.56 Å². The van der Waals surface area contributed by atoms with Gasteiger partial charge in [-0.3, -0.25) is 4.79 Å². The number of benzene rings is 1. The van der Waals surface area contributed by atoms with Crippen LogP contribution in [0.25, 0.3) is 0 Å². The Morgan fingerprint density at radius 2 is 1.78 bits per heavy atom. The quantitative estimate of drug-likeness (QED) is 0.851. The van der Waals surface area contributed by atoms with Gasteiger partial charge in [0.2, 0.25) is 0 Å². The van der Waals surface area contributed by atoms with E-state index >= 15 is 0 Å². The summed E-state index contributed by atoms with van der Waals surface area (Å²) < 4.78 is 41.4. The van der Waals surface area contributed by atoms with E-state index in [1.54, 1.807) is 0 Å². The molecule has 0 aliphatic heterocycles. The average molecular weight is 262 g/mol. The Morgan fingerprint density at radius 3 is 2.17 bits per heavy atom. The molecule has 0 saturated carbocycles. The normalized spacial score (nSPS) is 15.0. The third-order valence-corrected chi connectivity index (χ3v) is 2.63. The Hall–Kier alpha value is -1.56. The van der Waals surface area contributed by atoms with Gasteiger partial charge in [0, 0.05) is 0 Å². The maximum atomic E-state index is 12.3. The number of ether oxygens (including phenoxy) is 1. The lowest BCUT2D eigenvalue weighted by atomic mass is 9.96. The van der Waals surface area contributed by atoms with Gasteiger partial charge in [-0.2, -0.15) is 13.2 Å². The van der Waals surface area contributed by atoms with Crippen LogP contribution in [0.2, 0.25) is 0 Å². The number of halogens is 3. The van der Waals surface area contributed by atoms with Crippen LogP contribution in [0.15, 0.2) is 24.3 Å². The standard InChI is InChI=1S/C12H13F3O3/c1-7(11(17)18-2)10(16)8-3-5-9(6-4-8)12(13,14)15/h3-7,10,16H,1-2H3/t7-,10-/m1/s1. The van der Waals surface area contributed by atoms with Crippen LogP contribution in [0, 0.1) is 5.92 Å². The first kappa shape index (κ1) is 14.5. The summed E-state index contributed by atoms with van der Waals surface area (Å²) in [6.07, 6.45) is -5.61. The highest BCUT2D eigenvalue weighted by atomic mass is 19.4. The fraction of sp³-hybridized carbons (Fsp3) is 0.417. The molecule has 100 valence electrons. The van der Waals surface area contributed by atoms with E-state index in [9.17, 15) is 23.1 Å². The number of hydrogen-bond donors (Lipinski definition) is 1. The van der Waals surface area contributed by atoms with E-state index in [4.69, 9.17) is 0 Å². The van der Waals surface area contributed by atoms with Gasteiger partial charge in [-0.25, -0.2) is 0 Å². The maximum Gasteiger partial charge on any atom is 0.416 e. The molecule has 2 atom stereocenters. The molecular formula is C12H13F3O3. The number of aliphatic hydroxyl groups excluding tert-OH is 1. The van der Waals surface area contributed by atoms with Gasteiger partial charge in [-0.15, -0.1) is 0 Å². The zero-order chi connectivity index (χ0) is 13.9. The van der Waals surface area contributed by atoms with Gasteiger partial charge in [0.05, 0.1) is 24.7 Å². The largest absolute Gasteiger partial charge is 0.469 e. The molecule has 1 N–H and O–H groups in total. The van der Waals surface area contributed by atoms with Gasteiger partial charge in [-0.1, -0.05) is 12.1 Å². The number of esters is 1. The number of aliphatic hydroxyl groups is 1. The van der Waals surface area contributed by atoms with Crippen molar-refractivity contribution in [1.82, 2.24) is 0 Å². The van der Waals surface area contributed by atoms with Crippen molar-refractivity contribution in [3.8, 4) is 0 Å². The van der Waals surface area contributed by atoms with Crippen molar-refractivity contribution in [2.24, 2.45) is 5.92 Å². The molecule has 1 aromatic rings. The molecule has 0 fully saturated rings. The lowest BCUT2D eigenvalue weighted by Gasteiger charge is -2.17. The smallest absolute Gasteiger partial charge is 0.416 e. The number of alkyl halides is 3. The van der Waals surface area contributed by atoms with Gasteiger partial charge in [0.15, 0.2) is 0 Å². The van der Waals surface area contributed by atoms with Crippen LogP contribution in [0.1, 0.15) is 24.2 Å². The number of carbonyl (C=O) groups excluding carboxylic acids is 1. The molecule has 0 unspecified atom stereocenters. The molecule has 0 bridgehead atoms. The fourth-order valence-corrected chi connectivity index (χ4v) is 1.47. The van der Waals surface area contributed by atoms with E-state index in [1.165, 1.54) is 14.0 Å². The van der Waals surface area contributed by atoms with Crippen LogP contribution in [-0.2, 0) is 15.7 Å². The van der Waals surface area contributed by atoms with Crippen LogP contribution >= 0.6 is 0 Å². The van der Waals surface area contributed by atoms with Crippen molar-refractivity contribution in [2.75, 3.05) is 7.11 Å². The molecule has 0 aliphatic rings. The Labute approximate surface area is 102 Å². The van der Waals surface area contributed by atoms with Crippen molar-refractivity contribution in [2.45, 2.75) is 19.2 Å². The highest BCUT2D eigenvalue weighted by Gasteiger charge is 2.31. The summed E-state index contributed by atoms with van der Waals surface area (Å²) >= 11 is 0. The Kier molecular flexibility index (Phi) is 4.34. The Balaban J connectivity index is 2.89. The lowest BCUT2D eigenvalue weighted by molar-refractivity contribution is -0.148. The average Bonchev–Trinajstić information content (AvgIpc) is 2.35. The first-order chi connectivity index (χ1) is 8.27. The maximum absolute atomic E-state index is 12.3. The predicted octanol–water partition coefficient (Wildman–Crippen LogP) is 2.55. The third kappa shape index (κ3) is 3.22. The fourth-order valence-electron chi connectivity index (χ4n) is 1.47. The minimum Gasteiger partial charge on any atom is -0.469 e. The van der Waals surface area contributed by atoms with Crippen LogP contribution < -0.4 is 0 Å². The van der Waals surface area contributed by atoms with Crippen LogP contribution in [0.3, 0.4) is 0 Å². The van der Waals surface area contributed by atoms with Crippen molar-refractivity contribution < 1.29 is 27.8 Å². The van der Waals surface area contributed by atoms with E-state index < -0.39 is 29.7 Å². The van der Waals surface area contributed by atoms with E-state index in [2.05, 4.69) is 4.74 Å². The second kappa shape index (κ2) is 5.39. The summed E-state index contributed by atoms with van der Waals surface area (Å²) in [7, 11) is 1.18. The summed E-state index contributed by atoms with van der Waals surface area (Å²) in [6, 6.07) is 4.02. The molecule has 3 nitrogen and oxygen atoms in total. The molecule has 1 rings (SSSR count). The summed E-state index contributed by atoms with van der Waals surface area (Å²) in [5.74, 6) is -1.46. The van der Waals surface area contributed by atoms with E-state index in [0.29, 0.717) is 0 Å². The molecule has 0 radical (unpaired) electrons. The molecule has 1 aromatic carbocycles. The number of hydrogen-bond acceptors (Lipinski definition) is 3. The second-order valence-corrected chi connectivity index (χ2v) is 3.88. The SMILES string of the molecule is COC(=O)[C@H](C)[C@@H](O)c1ccc(C(F)(F)F)cc1. The topological polar surface area (TPSA) is 46.5 Å². The Morgan fingerprint density at radius 1 is 1.28 bits per heavy atom. The summed E-state index contributed by atoms with van der Waals surface area (Å²) in [6.45, 7) is 1.44. The number of rotatable bonds is 3. The van der Waals surface area contributed by atoms with Gasteiger partial charge >= 0.3 is 12.1 Å². The number of carbonyl (C=O) groups is 1. The van der Waals surface area contributed by atoms with Crippen LogP contribution in [0.5, 0.6) is 0 Å². The molecule has 18 heavy (non-hydrogen) atoms. The van der Waals surface area contributed by atoms with E-state index in [1.807, 2.05) is 0 Å². The zero-order valence-electron chi connectivity index (χ0n) is 9.86. The lowest BCUT2D eigenvalue weighted by Crippen LogP contribution is -2.20. The minimum atomic E-state index is -4.42. The Bertz CT molecular complexity index is 412. The van der Waals surface area contributed by atoms with Gasteiger partial charge in [-0.05, 0) is 24.6 Å². The summed E-state index contributed by atoms with van der Waals surface area (Å²) in [4.78, 5) is 11.2.